The summed E-state index contributed by atoms with van der Waals surface area (Å²) in [5, 5.41) is 10.7. The van der Waals surface area contributed by atoms with Crippen LogP contribution in [0, 0.1) is 0 Å². The topological polar surface area (TPSA) is 109 Å². The molecule has 1 atom stereocenters. The average molecular weight is 573 g/mol. The molecule has 0 unspecified atom stereocenters. The largest absolute Gasteiger partial charge is 0.504 e. The van der Waals surface area contributed by atoms with Crippen LogP contribution in [0.5, 0.6) is 23.0 Å². The molecule has 0 saturated carbocycles. The fourth-order valence-electron chi connectivity index (χ4n) is 4.74. The number of hydrogen-bond donors (Lipinski definition) is 1. The number of phenols is 1. The highest BCUT2D eigenvalue weighted by atomic mass is 32.1. The maximum Gasteiger partial charge on any atom is 0.338 e. The van der Waals surface area contributed by atoms with Crippen molar-refractivity contribution in [2.24, 2.45) is 4.99 Å². The number of phenolic OH excluding ortho intramolecular Hbond substituents is 1. The zero-order valence-electron chi connectivity index (χ0n) is 22.9. The third-order valence-electron chi connectivity index (χ3n) is 6.63. The van der Waals surface area contributed by atoms with E-state index in [0.29, 0.717) is 43.2 Å². The Morgan fingerprint density at radius 2 is 1.71 bits per heavy atom. The van der Waals surface area contributed by atoms with Crippen LogP contribution < -0.4 is 29.1 Å². The number of thiazole rings is 1. The Labute approximate surface area is 239 Å². The molecule has 0 bridgehead atoms. The molecule has 0 amide bonds. The lowest BCUT2D eigenvalue weighted by Crippen LogP contribution is -2.40. The number of methoxy groups -OCH3 is 3. The van der Waals surface area contributed by atoms with Crippen molar-refractivity contribution >= 4 is 29.1 Å². The second-order valence-corrected chi connectivity index (χ2v) is 9.95. The number of carbonyl (C=O) groups excluding carboxylic acids is 1. The van der Waals surface area contributed by atoms with Crippen molar-refractivity contribution in [1.82, 2.24) is 4.57 Å². The zero-order chi connectivity index (χ0) is 29.1. The van der Waals surface area contributed by atoms with Gasteiger partial charge in [0, 0.05) is 11.1 Å². The molecule has 0 aliphatic carbocycles. The number of nitrogens with zero attached hydrogens (tertiary/aromatic N) is 2. The van der Waals surface area contributed by atoms with E-state index in [9.17, 15) is 14.7 Å². The number of benzene rings is 3. The lowest BCUT2D eigenvalue weighted by atomic mass is 9.93. The van der Waals surface area contributed by atoms with Gasteiger partial charge in [0.2, 0.25) is 0 Å². The molecule has 1 aliphatic rings. The quantitative estimate of drug-likeness (QED) is 0.321. The molecule has 0 radical (unpaired) electrons. The van der Waals surface area contributed by atoms with Crippen LogP contribution in [0.15, 0.2) is 82.1 Å². The van der Waals surface area contributed by atoms with Crippen molar-refractivity contribution in [3.63, 3.8) is 0 Å². The monoisotopic (exact) mass is 572 g/mol. The van der Waals surface area contributed by atoms with E-state index < -0.39 is 12.0 Å². The highest BCUT2D eigenvalue weighted by molar-refractivity contribution is 7.07. The highest BCUT2D eigenvalue weighted by Gasteiger charge is 2.35. The van der Waals surface area contributed by atoms with Gasteiger partial charge in [-0.05, 0) is 36.8 Å². The van der Waals surface area contributed by atoms with Crippen LogP contribution in [0.25, 0.3) is 11.8 Å². The molecule has 9 nitrogen and oxygen atoms in total. The number of carbonyl (C=O) groups is 1. The molecule has 10 heteroatoms. The highest BCUT2D eigenvalue weighted by Crippen LogP contribution is 2.38. The van der Waals surface area contributed by atoms with Gasteiger partial charge >= 0.3 is 5.97 Å². The van der Waals surface area contributed by atoms with E-state index in [1.165, 1.54) is 25.9 Å². The minimum absolute atomic E-state index is 0.0885. The molecule has 210 valence electrons. The van der Waals surface area contributed by atoms with E-state index in [4.69, 9.17) is 23.9 Å². The number of hydrogen-bond acceptors (Lipinski definition) is 9. The van der Waals surface area contributed by atoms with Crippen LogP contribution in [0.2, 0.25) is 0 Å². The molecule has 1 aliphatic heterocycles. The van der Waals surface area contributed by atoms with Gasteiger partial charge in [-0.1, -0.05) is 59.9 Å². The predicted molar refractivity (Wildman–Crippen MR) is 155 cm³/mol. The van der Waals surface area contributed by atoms with Crippen LogP contribution in [-0.4, -0.2) is 43.6 Å². The summed E-state index contributed by atoms with van der Waals surface area (Å²) in [6, 6.07) is 18.7. The number of esters is 1. The van der Waals surface area contributed by atoms with Gasteiger partial charge in [-0.3, -0.25) is 9.36 Å². The predicted octanol–water partition coefficient (Wildman–Crippen LogP) is 3.67. The first kappa shape index (κ1) is 27.7. The van der Waals surface area contributed by atoms with E-state index in [1.807, 2.05) is 30.3 Å². The summed E-state index contributed by atoms with van der Waals surface area (Å²) in [6.45, 7) is 1.87. The number of para-hydroxylation sites is 1. The van der Waals surface area contributed by atoms with Crippen LogP contribution >= 0.6 is 11.3 Å². The molecule has 3 aromatic carbocycles. The molecule has 0 saturated heterocycles. The fourth-order valence-corrected chi connectivity index (χ4v) is 5.73. The van der Waals surface area contributed by atoms with Crippen molar-refractivity contribution in [3.8, 4) is 23.0 Å². The Balaban J connectivity index is 1.85. The fraction of sp³-hybridized carbons (Fsp3) is 0.194. The summed E-state index contributed by atoms with van der Waals surface area (Å²) in [6.07, 6.45) is 1.59. The summed E-state index contributed by atoms with van der Waals surface area (Å²) in [5.41, 5.74) is 1.94. The molecule has 5 rings (SSSR count). The van der Waals surface area contributed by atoms with Crippen LogP contribution in [0.3, 0.4) is 0 Å². The average Bonchev–Trinajstić information content (AvgIpc) is 3.31. The molecular weight excluding hydrogens is 544 g/mol. The Morgan fingerprint density at radius 1 is 0.976 bits per heavy atom. The van der Waals surface area contributed by atoms with Gasteiger partial charge in [0.25, 0.3) is 5.56 Å². The van der Waals surface area contributed by atoms with Crippen molar-refractivity contribution in [3.05, 3.63) is 109 Å². The van der Waals surface area contributed by atoms with E-state index in [0.717, 1.165) is 11.3 Å². The summed E-state index contributed by atoms with van der Waals surface area (Å²) >= 11 is 1.15. The number of fused-ring (bicyclic) bond motifs is 1. The lowest BCUT2D eigenvalue weighted by molar-refractivity contribution is -0.138. The van der Waals surface area contributed by atoms with E-state index in [1.54, 1.807) is 49.4 Å². The minimum atomic E-state index is -0.888. The normalized spacial score (nSPS) is 14.7. The maximum absolute atomic E-state index is 14.1. The Bertz CT molecular complexity index is 1820. The Hall–Kier alpha value is -4.83. The van der Waals surface area contributed by atoms with Crippen molar-refractivity contribution in [2.45, 2.75) is 13.0 Å². The second kappa shape index (κ2) is 11.7. The molecule has 41 heavy (non-hydrogen) atoms. The number of rotatable bonds is 8. The van der Waals surface area contributed by atoms with Gasteiger partial charge in [0.05, 0.1) is 49.8 Å². The van der Waals surface area contributed by atoms with Crippen molar-refractivity contribution in [1.29, 1.82) is 0 Å². The number of aromatic nitrogens is 1. The maximum atomic E-state index is 14.1. The van der Waals surface area contributed by atoms with E-state index >= 15 is 0 Å². The third kappa shape index (κ3) is 5.09. The van der Waals surface area contributed by atoms with E-state index in [-0.39, 0.29) is 29.2 Å². The van der Waals surface area contributed by atoms with Crippen molar-refractivity contribution in [2.75, 3.05) is 27.9 Å². The Kier molecular flexibility index (Phi) is 7.93. The molecule has 2 heterocycles. The van der Waals surface area contributed by atoms with E-state index in [2.05, 4.69) is 0 Å². The van der Waals surface area contributed by atoms with Crippen LogP contribution in [0.4, 0.5) is 0 Å². The number of aromatic hydroxyl groups is 1. The molecule has 1 aromatic heterocycles. The summed E-state index contributed by atoms with van der Waals surface area (Å²) in [4.78, 5) is 32.9. The third-order valence-corrected chi connectivity index (χ3v) is 7.62. The number of ether oxygens (including phenoxy) is 4. The first-order valence-electron chi connectivity index (χ1n) is 12.8. The summed E-state index contributed by atoms with van der Waals surface area (Å²) < 4.78 is 23.5. The van der Waals surface area contributed by atoms with Gasteiger partial charge in [-0.25, -0.2) is 9.79 Å². The molecule has 0 spiro atoms. The van der Waals surface area contributed by atoms with Crippen LogP contribution in [0.1, 0.15) is 29.7 Å². The second-order valence-electron chi connectivity index (χ2n) is 8.94. The minimum Gasteiger partial charge on any atom is -0.504 e. The SMILES string of the molecule is CCOC(=O)C1=C(c2ccccc2)N=c2s/c(=C\c3cccc(OC)c3O)c(=O)n2[C@@H]1c1ccc(OC)c(OC)c1. The molecule has 1 N–H and O–H groups in total. The Morgan fingerprint density at radius 3 is 2.39 bits per heavy atom. The van der Waals surface area contributed by atoms with Gasteiger partial charge in [-0.2, -0.15) is 0 Å². The van der Waals surface area contributed by atoms with Gasteiger partial charge in [0.15, 0.2) is 27.8 Å². The standard InChI is InChI=1S/C31H28N2O7S/c1-5-40-30(36)25-26(18-10-7-6-8-11-18)32-31-33(27(25)19-14-15-21(37-2)23(16-19)39-4)29(35)24(41-31)17-20-12-9-13-22(38-3)28(20)34/h6-17,27,34H,5H2,1-4H3/b24-17-/t27-/m1/s1. The lowest BCUT2D eigenvalue weighted by Gasteiger charge is -2.26. The summed E-state index contributed by atoms with van der Waals surface area (Å²) in [7, 11) is 4.51. The first-order valence-corrected chi connectivity index (χ1v) is 13.6. The van der Waals surface area contributed by atoms with Crippen molar-refractivity contribution < 1.29 is 28.8 Å². The summed E-state index contributed by atoms with van der Waals surface area (Å²) in [5.74, 6) is 0.548. The molecule has 4 aromatic rings. The van der Waals surface area contributed by atoms with Crippen LogP contribution in [-0.2, 0) is 9.53 Å². The molecule has 0 fully saturated rings. The smallest absolute Gasteiger partial charge is 0.338 e. The van der Waals surface area contributed by atoms with Gasteiger partial charge < -0.3 is 24.1 Å². The van der Waals surface area contributed by atoms with Gasteiger partial charge in [0.1, 0.15) is 0 Å². The zero-order valence-corrected chi connectivity index (χ0v) is 23.7. The van der Waals surface area contributed by atoms with Gasteiger partial charge in [-0.15, -0.1) is 0 Å². The first-order chi connectivity index (χ1) is 19.9. The molecular formula is C31H28N2O7S.